The summed E-state index contributed by atoms with van der Waals surface area (Å²) in [6, 6.07) is 9.85. The van der Waals surface area contributed by atoms with Gasteiger partial charge in [-0.05, 0) is 50.1 Å². The topological polar surface area (TPSA) is 115 Å². The Morgan fingerprint density at radius 3 is 2.60 bits per heavy atom. The zero-order valence-electron chi connectivity index (χ0n) is 20.9. The maximum absolute atomic E-state index is 13.6. The largest absolute Gasteiger partial charge is 0.416 e. The monoisotopic (exact) mass is 563 g/mol. The predicted octanol–water partition coefficient (Wildman–Crippen LogP) is 5.87. The number of anilines is 2. The van der Waals surface area contributed by atoms with E-state index in [9.17, 15) is 22.8 Å². The SMILES string of the molecule is Cc1cn(-c2cc(NC(=O)c3cccc(-c4cnc5nc(NC(=O)C6CC6)sc5n4)c3)cc(C(F)(F)F)c2)cn1. The fraction of sp³-hybridized carbons (Fsp3) is 0.185. The van der Waals surface area contributed by atoms with E-state index in [2.05, 4.69) is 30.6 Å². The van der Waals surface area contributed by atoms with Crippen LogP contribution in [0.4, 0.5) is 24.0 Å². The summed E-state index contributed by atoms with van der Waals surface area (Å²) in [6.07, 6.45) is 1.65. The summed E-state index contributed by atoms with van der Waals surface area (Å²) in [5.74, 6) is -0.619. The molecule has 0 radical (unpaired) electrons. The van der Waals surface area contributed by atoms with Gasteiger partial charge in [0.15, 0.2) is 15.6 Å². The highest BCUT2D eigenvalue weighted by atomic mass is 32.1. The molecule has 3 aromatic heterocycles. The van der Waals surface area contributed by atoms with E-state index in [1.807, 2.05) is 0 Å². The van der Waals surface area contributed by atoms with Crippen LogP contribution < -0.4 is 10.6 Å². The molecule has 1 aliphatic carbocycles. The number of aryl methyl sites for hydroxylation is 1. The number of rotatable bonds is 6. The number of thiazole rings is 1. The first-order valence-corrected chi connectivity index (χ1v) is 13.0. The second-order valence-corrected chi connectivity index (χ2v) is 10.4. The van der Waals surface area contributed by atoms with Gasteiger partial charge < -0.3 is 15.2 Å². The second kappa shape index (κ2) is 9.83. The van der Waals surface area contributed by atoms with Gasteiger partial charge in [0, 0.05) is 34.6 Å². The molecule has 2 N–H and O–H groups in total. The summed E-state index contributed by atoms with van der Waals surface area (Å²) < 4.78 is 42.3. The van der Waals surface area contributed by atoms with Gasteiger partial charge in [0.1, 0.15) is 0 Å². The van der Waals surface area contributed by atoms with Gasteiger partial charge in [-0.3, -0.25) is 9.59 Å². The Morgan fingerprint density at radius 2 is 1.88 bits per heavy atom. The van der Waals surface area contributed by atoms with Gasteiger partial charge in [-0.1, -0.05) is 23.5 Å². The van der Waals surface area contributed by atoms with Crippen LogP contribution in [-0.2, 0) is 11.0 Å². The van der Waals surface area contributed by atoms with Crippen LogP contribution in [0.1, 0.15) is 34.5 Å². The molecule has 5 aromatic rings. The number of benzene rings is 2. The van der Waals surface area contributed by atoms with Crippen molar-refractivity contribution in [3.63, 3.8) is 0 Å². The van der Waals surface area contributed by atoms with E-state index >= 15 is 0 Å². The Hall–Kier alpha value is -4.65. The van der Waals surface area contributed by atoms with Crippen molar-refractivity contribution in [2.75, 3.05) is 10.6 Å². The van der Waals surface area contributed by atoms with E-state index < -0.39 is 17.6 Å². The van der Waals surface area contributed by atoms with Crippen LogP contribution in [0, 0.1) is 12.8 Å². The van der Waals surface area contributed by atoms with E-state index in [-0.39, 0.29) is 28.8 Å². The van der Waals surface area contributed by atoms with Crippen molar-refractivity contribution >= 4 is 44.4 Å². The van der Waals surface area contributed by atoms with Crippen LogP contribution >= 0.6 is 11.3 Å². The lowest BCUT2D eigenvalue weighted by Crippen LogP contribution is -2.14. The molecule has 6 rings (SSSR count). The molecule has 2 amide bonds. The van der Waals surface area contributed by atoms with Gasteiger partial charge in [0.25, 0.3) is 5.91 Å². The number of carbonyl (C=O) groups excluding carboxylic acids is 2. The van der Waals surface area contributed by atoms with Crippen molar-refractivity contribution in [3.05, 3.63) is 78.0 Å². The van der Waals surface area contributed by atoms with Gasteiger partial charge in [-0.2, -0.15) is 18.2 Å². The van der Waals surface area contributed by atoms with E-state index in [4.69, 9.17) is 0 Å². The molecule has 3 heterocycles. The zero-order chi connectivity index (χ0) is 28.0. The van der Waals surface area contributed by atoms with Crippen LogP contribution in [-0.4, -0.2) is 36.3 Å². The third kappa shape index (κ3) is 5.41. The van der Waals surface area contributed by atoms with Crippen molar-refractivity contribution in [3.8, 4) is 16.9 Å². The minimum atomic E-state index is -4.61. The van der Waals surface area contributed by atoms with Gasteiger partial charge in [-0.25, -0.2) is 15.0 Å². The molecule has 0 spiro atoms. The summed E-state index contributed by atoms with van der Waals surface area (Å²) in [4.78, 5) is 42.9. The lowest BCUT2D eigenvalue weighted by molar-refractivity contribution is -0.137. The number of halogens is 3. The van der Waals surface area contributed by atoms with Gasteiger partial charge >= 0.3 is 6.18 Å². The molecular weight excluding hydrogens is 543 g/mol. The molecule has 1 saturated carbocycles. The number of fused-ring (bicyclic) bond motifs is 1. The number of nitrogens with one attached hydrogen (secondary N) is 2. The molecule has 9 nitrogen and oxygen atoms in total. The highest BCUT2D eigenvalue weighted by Crippen LogP contribution is 2.34. The molecule has 13 heteroatoms. The molecule has 0 unspecified atom stereocenters. The maximum atomic E-state index is 13.6. The van der Waals surface area contributed by atoms with E-state index in [1.54, 1.807) is 37.4 Å². The van der Waals surface area contributed by atoms with Crippen molar-refractivity contribution < 1.29 is 22.8 Å². The van der Waals surface area contributed by atoms with Crippen molar-refractivity contribution in [2.45, 2.75) is 25.9 Å². The Bertz CT molecular complexity index is 1780. The average Bonchev–Trinajstić information content (AvgIpc) is 3.57. The summed E-state index contributed by atoms with van der Waals surface area (Å²) >= 11 is 1.20. The molecule has 40 heavy (non-hydrogen) atoms. The Kier molecular flexibility index (Phi) is 6.29. The minimum Gasteiger partial charge on any atom is -0.322 e. The van der Waals surface area contributed by atoms with Crippen LogP contribution in [0.5, 0.6) is 0 Å². The summed E-state index contributed by atoms with van der Waals surface area (Å²) in [6.45, 7) is 1.72. The third-order valence-corrected chi connectivity index (χ3v) is 7.09. The van der Waals surface area contributed by atoms with Gasteiger partial charge in [-0.15, -0.1) is 0 Å². The summed E-state index contributed by atoms with van der Waals surface area (Å²) in [5, 5.41) is 5.78. The first-order valence-electron chi connectivity index (χ1n) is 12.2. The van der Waals surface area contributed by atoms with Gasteiger partial charge in [0.05, 0.1) is 29.5 Å². The lowest BCUT2D eigenvalue weighted by atomic mass is 10.1. The number of hydrogen-bond donors (Lipinski definition) is 2. The normalized spacial score (nSPS) is 13.4. The highest BCUT2D eigenvalue weighted by Gasteiger charge is 2.32. The van der Waals surface area contributed by atoms with Crippen LogP contribution in [0.3, 0.4) is 0 Å². The van der Waals surface area contributed by atoms with Crippen molar-refractivity contribution in [1.82, 2.24) is 24.5 Å². The Morgan fingerprint density at radius 1 is 1.05 bits per heavy atom. The van der Waals surface area contributed by atoms with Crippen LogP contribution in [0.2, 0.25) is 0 Å². The Labute approximate surface area is 229 Å². The molecule has 0 bridgehead atoms. The fourth-order valence-corrected chi connectivity index (χ4v) is 4.85. The van der Waals surface area contributed by atoms with E-state index in [0.29, 0.717) is 32.6 Å². The zero-order valence-corrected chi connectivity index (χ0v) is 21.7. The quantitative estimate of drug-likeness (QED) is 0.267. The fourth-order valence-electron chi connectivity index (χ4n) is 4.05. The van der Waals surface area contributed by atoms with Crippen LogP contribution in [0.15, 0.2) is 61.2 Å². The molecule has 0 atom stereocenters. The number of aromatic nitrogens is 5. The molecule has 0 aliphatic heterocycles. The molecule has 2 aromatic carbocycles. The average molecular weight is 564 g/mol. The van der Waals surface area contributed by atoms with Gasteiger partial charge in [0.2, 0.25) is 5.91 Å². The van der Waals surface area contributed by atoms with Crippen molar-refractivity contribution in [2.24, 2.45) is 5.92 Å². The number of nitrogens with zero attached hydrogens (tertiary/aromatic N) is 5. The summed E-state index contributed by atoms with van der Waals surface area (Å²) in [5.41, 5.74) is 1.60. The second-order valence-electron chi connectivity index (χ2n) is 9.39. The molecule has 202 valence electrons. The number of hydrogen-bond acceptors (Lipinski definition) is 7. The third-order valence-electron chi connectivity index (χ3n) is 6.23. The first kappa shape index (κ1) is 25.6. The smallest absolute Gasteiger partial charge is 0.322 e. The molecule has 0 saturated heterocycles. The van der Waals surface area contributed by atoms with Crippen LogP contribution in [0.25, 0.3) is 27.4 Å². The Balaban J connectivity index is 1.25. The summed E-state index contributed by atoms with van der Waals surface area (Å²) in [7, 11) is 0. The number of carbonyl (C=O) groups is 2. The standard InChI is InChI=1S/C27H20F3N7O2S/c1-14-12-37(13-32-14)20-9-18(27(28,29)30)8-19(10-20)33-24(39)17-4-2-3-16(7-17)21-11-31-22-25(34-21)40-26(35-22)36-23(38)15-5-6-15/h2-4,7-13,15H,5-6H2,1H3,(H,33,39)(H,31,35,36,38). The van der Waals surface area contributed by atoms with E-state index in [1.165, 1.54) is 34.5 Å². The maximum Gasteiger partial charge on any atom is 0.416 e. The number of alkyl halides is 3. The minimum absolute atomic E-state index is 0.0155. The molecule has 1 fully saturated rings. The lowest BCUT2D eigenvalue weighted by Gasteiger charge is -2.14. The first-order chi connectivity index (χ1) is 19.1. The number of amides is 2. The van der Waals surface area contributed by atoms with Crippen molar-refractivity contribution in [1.29, 1.82) is 0 Å². The van der Waals surface area contributed by atoms with E-state index in [0.717, 1.165) is 25.0 Å². The molecular formula is C27H20F3N7O2S. The predicted molar refractivity (Wildman–Crippen MR) is 143 cm³/mol. The highest BCUT2D eigenvalue weighted by molar-refractivity contribution is 7.21. The molecule has 1 aliphatic rings. The number of imidazole rings is 1.